The van der Waals surface area contributed by atoms with Gasteiger partial charge in [-0.05, 0) is 12.0 Å². The minimum absolute atomic E-state index is 0.131. The molecule has 2 rings (SSSR count). The van der Waals surface area contributed by atoms with Gasteiger partial charge in [0.15, 0.2) is 0 Å². The normalized spacial score (nSPS) is 12.0. The number of rotatable bonds is 4. The van der Waals surface area contributed by atoms with Crippen molar-refractivity contribution in [1.82, 2.24) is 10.2 Å². The molecule has 24 heavy (non-hydrogen) atoms. The molecule has 8 nitrogen and oxygen atoms in total. The third-order valence-corrected chi connectivity index (χ3v) is 2.48. The summed E-state index contributed by atoms with van der Waals surface area (Å²) in [6, 6.07) is 9.06. The molecule has 0 aliphatic heterocycles. The first kappa shape index (κ1) is 19.1. The van der Waals surface area contributed by atoms with Crippen molar-refractivity contribution in [3.05, 3.63) is 47.7 Å². The average molecular weight is 347 g/mol. The molecule has 0 bridgehead atoms. The highest BCUT2D eigenvalue weighted by atomic mass is 19.4. The molecule has 130 valence electrons. The SMILES string of the molecule is N[C@@H](Cc1ccccc1)c1nnc(C(=O)O)o1.O=C(O)C(F)(F)F. The topological polar surface area (TPSA) is 140 Å². The molecule has 0 amide bonds. The van der Waals surface area contributed by atoms with E-state index in [1.807, 2.05) is 30.3 Å². The highest BCUT2D eigenvalue weighted by Crippen LogP contribution is 2.15. The molecule has 1 atom stereocenters. The summed E-state index contributed by atoms with van der Waals surface area (Å²) < 4.78 is 36.7. The van der Waals surface area contributed by atoms with Gasteiger partial charge in [-0.2, -0.15) is 13.2 Å². The van der Waals surface area contributed by atoms with Crippen LogP contribution in [0.15, 0.2) is 34.7 Å². The zero-order valence-electron chi connectivity index (χ0n) is 11.9. The van der Waals surface area contributed by atoms with Gasteiger partial charge in [0, 0.05) is 0 Å². The summed E-state index contributed by atoms with van der Waals surface area (Å²) in [5.74, 6) is -4.32. The van der Waals surface area contributed by atoms with Crippen molar-refractivity contribution in [1.29, 1.82) is 0 Å². The number of alkyl halides is 3. The van der Waals surface area contributed by atoms with Crippen molar-refractivity contribution < 1.29 is 37.4 Å². The number of carbonyl (C=O) groups is 2. The lowest BCUT2D eigenvalue weighted by Gasteiger charge is -2.06. The number of nitrogens with zero attached hydrogens (tertiary/aromatic N) is 2. The highest BCUT2D eigenvalue weighted by molar-refractivity contribution is 5.81. The van der Waals surface area contributed by atoms with Gasteiger partial charge in [0.25, 0.3) is 0 Å². The lowest BCUT2D eigenvalue weighted by molar-refractivity contribution is -0.192. The number of hydrogen-bond acceptors (Lipinski definition) is 6. The van der Waals surface area contributed by atoms with E-state index in [9.17, 15) is 18.0 Å². The van der Waals surface area contributed by atoms with E-state index in [2.05, 4.69) is 10.2 Å². The Morgan fingerprint density at radius 2 is 1.71 bits per heavy atom. The first-order chi connectivity index (χ1) is 11.1. The van der Waals surface area contributed by atoms with Gasteiger partial charge in [0.1, 0.15) is 0 Å². The van der Waals surface area contributed by atoms with Crippen LogP contribution in [0.1, 0.15) is 28.2 Å². The summed E-state index contributed by atoms with van der Waals surface area (Å²) in [6.07, 6.45) is -4.57. The van der Waals surface area contributed by atoms with E-state index in [1.165, 1.54) is 0 Å². The van der Waals surface area contributed by atoms with Gasteiger partial charge in [0.2, 0.25) is 5.89 Å². The van der Waals surface area contributed by atoms with Crippen LogP contribution in [0.5, 0.6) is 0 Å². The number of hydrogen-bond donors (Lipinski definition) is 3. The first-order valence-electron chi connectivity index (χ1n) is 6.27. The van der Waals surface area contributed by atoms with Gasteiger partial charge in [-0.3, -0.25) is 0 Å². The highest BCUT2D eigenvalue weighted by Gasteiger charge is 2.38. The maximum Gasteiger partial charge on any atom is 0.490 e. The van der Waals surface area contributed by atoms with E-state index >= 15 is 0 Å². The Bertz CT molecular complexity index is 688. The molecule has 11 heteroatoms. The Hall–Kier alpha value is -2.95. The zero-order valence-corrected chi connectivity index (χ0v) is 11.9. The molecular formula is C13H12F3N3O5. The largest absolute Gasteiger partial charge is 0.490 e. The molecule has 1 heterocycles. The molecule has 4 N–H and O–H groups in total. The Morgan fingerprint density at radius 1 is 1.17 bits per heavy atom. The van der Waals surface area contributed by atoms with E-state index in [0.29, 0.717) is 6.42 Å². The van der Waals surface area contributed by atoms with Crippen molar-refractivity contribution in [3.8, 4) is 0 Å². The van der Waals surface area contributed by atoms with Crippen LogP contribution in [-0.4, -0.2) is 38.5 Å². The van der Waals surface area contributed by atoms with Crippen LogP contribution in [0.25, 0.3) is 0 Å². The predicted octanol–water partition coefficient (Wildman–Crippen LogP) is 1.64. The van der Waals surface area contributed by atoms with Crippen LogP contribution in [0.3, 0.4) is 0 Å². The number of carboxylic acids is 2. The van der Waals surface area contributed by atoms with Gasteiger partial charge in [0.05, 0.1) is 6.04 Å². The van der Waals surface area contributed by atoms with E-state index < -0.39 is 30.0 Å². The lowest BCUT2D eigenvalue weighted by Crippen LogP contribution is -2.21. The molecule has 0 spiro atoms. The minimum atomic E-state index is -5.08. The van der Waals surface area contributed by atoms with Crippen LogP contribution < -0.4 is 5.73 Å². The fraction of sp³-hybridized carbons (Fsp3) is 0.231. The van der Waals surface area contributed by atoms with Crippen LogP contribution in [0, 0.1) is 0 Å². The molecule has 0 aliphatic carbocycles. The molecule has 0 aliphatic rings. The Kier molecular flexibility index (Phi) is 6.41. The molecule has 1 aromatic heterocycles. The van der Waals surface area contributed by atoms with Crippen molar-refractivity contribution in [2.24, 2.45) is 5.73 Å². The third kappa shape index (κ3) is 6.04. The van der Waals surface area contributed by atoms with Gasteiger partial charge in [-0.25, -0.2) is 9.59 Å². The summed E-state index contributed by atoms with van der Waals surface area (Å²) in [5.41, 5.74) is 6.87. The van der Waals surface area contributed by atoms with Crippen molar-refractivity contribution >= 4 is 11.9 Å². The smallest absolute Gasteiger partial charge is 0.475 e. The molecule has 0 radical (unpaired) electrons. The van der Waals surface area contributed by atoms with Crippen LogP contribution in [0.4, 0.5) is 13.2 Å². The summed E-state index contributed by atoms with van der Waals surface area (Å²) in [6.45, 7) is 0. The standard InChI is InChI=1S/C11H11N3O3.C2HF3O2/c12-8(6-7-4-2-1-3-5-7)9-13-14-10(17-9)11(15)16;3-2(4,5)1(6)7/h1-5,8H,6,12H2,(H,15,16);(H,6,7)/t8-;/m0./s1. The molecule has 2 aromatic rings. The second-order valence-electron chi connectivity index (χ2n) is 4.35. The van der Waals surface area contributed by atoms with Crippen LogP contribution in [-0.2, 0) is 11.2 Å². The number of nitrogens with two attached hydrogens (primary N) is 1. The third-order valence-electron chi connectivity index (χ3n) is 2.48. The van der Waals surface area contributed by atoms with Gasteiger partial charge < -0.3 is 20.4 Å². The fourth-order valence-electron chi connectivity index (χ4n) is 1.43. The molecular weight excluding hydrogens is 335 g/mol. The number of benzene rings is 1. The maximum atomic E-state index is 10.6. The number of halogens is 3. The second-order valence-corrected chi connectivity index (χ2v) is 4.35. The lowest BCUT2D eigenvalue weighted by atomic mass is 10.1. The molecule has 1 aromatic carbocycles. The molecule has 0 saturated heterocycles. The van der Waals surface area contributed by atoms with E-state index in [-0.39, 0.29) is 5.89 Å². The van der Waals surface area contributed by atoms with Crippen LogP contribution in [0.2, 0.25) is 0 Å². The first-order valence-corrected chi connectivity index (χ1v) is 6.27. The van der Waals surface area contributed by atoms with Gasteiger partial charge in [-0.1, -0.05) is 30.3 Å². The summed E-state index contributed by atoms with van der Waals surface area (Å²) >= 11 is 0. The average Bonchev–Trinajstić information content (AvgIpc) is 2.98. The number of aromatic nitrogens is 2. The van der Waals surface area contributed by atoms with E-state index in [4.69, 9.17) is 25.2 Å². The summed E-state index contributed by atoms with van der Waals surface area (Å²) in [7, 11) is 0. The van der Waals surface area contributed by atoms with E-state index in [0.717, 1.165) is 5.56 Å². The zero-order chi connectivity index (χ0) is 18.3. The van der Waals surface area contributed by atoms with Crippen molar-refractivity contribution in [3.63, 3.8) is 0 Å². The Balaban J connectivity index is 0.000000351. The van der Waals surface area contributed by atoms with Crippen molar-refractivity contribution in [2.45, 2.75) is 18.6 Å². The number of carboxylic acid groups (broad SMARTS) is 2. The number of aromatic carboxylic acids is 1. The van der Waals surface area contributed by atoms with Gasteiger partial charge >= 0.3 is 24.0 Å². The molecule has 0 unspecified atom stereocenters. The fourth-order valence-corrected chi connectivity index (χ4v) is 1.43. The Labute approximate surface area is 132 Å². The summed E-state index contributed by atoms with van der Waals surface area (Å²) in [4.78, 5) is 19.5. The second kappa shape index (κ2) is 8.06. The molecule has 0 fully saturated rings. The van der Waals surface area contributed by atoms with E-state index in [1.54, 1.807) is 0 Å². The molecule has 0 saturated carbocycles. The Morgan fingerprint density at radius 3 is 2.12 bits per heavy atom. The van der Waals surface area contributed by atoms with Crippen LogP contribution >= 0.6 is 0 Å². The summed E-state index contributed by atoms with van der Waals surface area (Å²) in [5, 5.41) is 22.8. The van der Waals surface area contributed by atoms with Crippen molar-refractivity contribution in [2.75, 3.05) is 0 Å². The maximum absolute atomic E-state index is 10.6. The number of aliphatic carboxylic acids is 1. The monoisotopic (exact) mass is 347 g/mol. The minimum Gasteiger partial charge on any atom is -0.475 e. The predicted molar refractivity (Wildman–Crippen MR) is 72.0 cm³/mol. The quantitative estimate of drug-likeness (QED) is 0.758. The van der Waals surface area contributed by atoms with Gasteiger partial charge in [-0.15, -0.1) is 10.2 Å².